The minimum Gasteiger partial charge on any atom is -0.355 e. The van der Waals surface area contributed by atoms with E-state index in [0.29, 0.717) is 5.92 Å². The molecule has 3 heteroatoms. The van der Waals surface area contributed by atoms with Crippen LogP contribution in [0.2, 0.25) is 0 Å². The standard InChI is InChI=1S/C10H18N2O/c11-6-10(3-4-10)7-12-9(13)5-8-1-2-8/h8H,1-7,11H2,(H,12,13). The zero-order valence-corrected chi connectivity index (χ0v) is 8.01. The molecule has 0 atom stereocenters. The maximum Gasteiger partial charge on any atom is 0.220 e. The first-order valence-corrected chi connectivity index (χ1v) is 5.21. The maximum absolute atomic E-state index is 11.3. The van der Waals surface area contributed by atoms with Crippen LogP contribution in [0.3, 0.4) is 0 Å². The molecule has 2 saturated carbocycles. The number of carbonyl (C=O) groups is 1. The van der Waals surface area contributed by atoms with Crippen molar-refractivity contribution in [1.82, 2.24) is 5.32 Å². The van der Waals surface area contributed by atoms with Crippen LogP contribution in [0.4, 0.5) is 0 Å². The Kier molecular flexibility index (Phi) is 2.28. The number of amides is 1. The number of rotatable bonds is 5. The minimum absolute atomic E-state index is 0.224. The Labute approximate surface area is 79.1 Å². The van der Waals surface area contributed by atoms with Crippen LogP contribution in [0, 0.1) is 11.3 Å². The lowest BCUT2D eigenvalue weighted by atomic mass is 10.1. The third kappa shape index (κ3) is 2.44. The Bertz CT molecular complexity index is 207. The first-order valence-electron chi connectivity index (χ1n) is 5.21. The highest BCUT2D eigenvalue weighted by molar-refractivity contribution is 5.76. The molecule has 2 fully saturated rings. The van der Waals surface area contributed by atoms with Gasteiger partial charge in [0, 0.05) is 13.0 Å². The lowest BCUT2D eigenvalue weighted by Gasteiger charge is -2.12. The molecule has 0 aromatic heterocycles. The van der Waals surface area contributed by atoms with Gasteiger partial charge in [-0.15, -0.1) is 0 Å². The van der Waals surface area contributed by atoms with Gasteiger partial charge in [0.25, 0.3) is 0 Å². The summed E-state index contributed by atoms with van der Waals surface area (Å²) >= 11 is 0. The molecule has 1 amide bonds. The lowest BCUT2D eigenvalue weighted by Crippen LogP contribution is -2.33. The van der Waals surface area contributed by atoms with E-state index < -0.39 is 0 Å². The van der Waals surface area contributed by atoms with E-state index in [1.165, 1.54) is 25.7 Å². The summed E-state index contributed by atoms with van der Waals surface area (Å²) < 4.78 is 0. The van der Waals surface area contributed by atoms with Crippen LogP contribution in [0.5, 0.6) is 0 Å². The summed E-state index contributed by atoms with van der Waals surface area (Å²) in [5.74, 6) is 0.912. The molecule has 2 aliphatic rings. The molecular formula is C10H18N2O. The van der Waals surface area contributed by atoms with Crippen LogP contribution >= 0.6 is 0 Å². The number of nitrogens with two attached hydrogens (primary N) is 1. The van der Waals surface area contributed by atoms with Gasteiger partial charge in [-0.2, -0.15) is 0 Å². The first kappa shape index (κ1) is 9.00. The topological polar surface area (TPSA) is 55.1 Å². The molecule has 0 bridgehead atoms. The predicted octanol–water partition coefficient (Wildman–Crippen LogP) is 0.642. The fourth-order valence-electron chi connectivity index (χ4n) is 1.57. The smallest absolute Gasteiger partial charge is 0.220 e. The largest absolute Gasteiger partial charge is 0.355 e. The molecule has 0 aromatic carbocycles. The molecule has 0 saturated heterocycles. The van der Waals surface area contributed by atoms with Gasteiger partial charge in [0.1, 0.15) is 0 Å². The van der Waals surface area contributed by atoms with Gasteiger partial charge in [-0.25, -0.2) is 0 Å². The molecule has 0 spiro atoms. The van der Waals surface area contributed by atoms with Crippen molar-refractivity contribution >= 4 is 5.91 Å². The molecule has 0 unspecified atom stereocenters. The van der Waals surface area contributed by atoms with Crippen molar-refractivity contribution in [3.05, 3.63) is 0 Å². The molecule has 0 aromatic rings. The van der Waals surface area contributed by atoms with Gasteiger partial charge in [0.2, 0.25) is 5.91 Å². The molecule has 2 aliphatic carbocycles. The normalized spacial score (nSPS) is 24.1. The molecule has 0 radical (unpaired) electrons. The molecule has 3 N–H and O–H groups in total. The molecule has 2 rings (SSSR count). The van der Waals surface area contributed by atoms with Crippen molar-refractivity contribution in [2.75, 3.05) is 13.1 Å². The van der Waals surface area contributed by atoms with Gasteiger partial charge < -0.3 is 11.1 Å². The lowest BCUT2D eigenvalue weighted by molar-refractivity contribution is -0.121. The van der Waals surface area contributed by atoms with Gasteiger partial charge in [0.05, 0.1) is 0 Å². The fourth-order valence-corrected chi connectivity index (χ4v) is 1.57. The molecule has 0 aliphatic heterocycles. The minimum atomic E-state index is 0.224. The molecule has 0 heterocycles. The van der Waals surface area contributed by atoms with Crippen molar-refractivity contribution in [3.63, 3.8) is 0 Å². The zero-order chi connectivity index (χ0) is 9.31. The van der Waals surface area contributed by atoms with Crippen molar-refractivity contribution in [1.29, 1.82) is 0 Å². The molecular weight excluding hydrogens is 164 g/mol. The highest BCUT2D eigenvalue weighted by Gasteiger charge is 2.41. The second kappa shape index (κ2) is 3.29. The quantitative estimate of drug-likeness (QED) is 0.655. The highest BCUT2D eigenvalue weighted by atomic mass is 16.1. The van der Waals surface area contributed by atoms with Crippen molar-refractivity contribution in [3.8, 4) is 0 Å². The van der Waals surface area contributed by atoms with E-state index in [0.717, 1.165) is 19.5 Å². The highest BCUT2D eigenvalue weighted by Crippen LogP contribution is 2.43. The van der Waals surface area contributed by atoms with Crippen LogP contribution in [0.15, 0.2) is 0 Å². The van der Waals surface area contributed by atoms with Crippen LogP contribution in [0.25, 0.3) is 0 Å². The van der Waals surface area contributed by atoms with E-state index in [-0.39, 0.29) is 11.3 Å². The second-order valence-electron chi connectivity index (χ2n) is 4.63. The Morgan fingerprint density at radius 3 is 2.62 bits per heavy atom. The number of hydrogen-bond acceptors (Lipinski definition) is 2. The van der Waals surface area contributed by atoms with Gasteiger partial charge in [-0.05, 0) is 43.6 Å². The summed E-state index contributed by atoms with van der Waals surface area (Å²) in [5, 5.41) is 2.99. The summed E-state index contributed by atoms with van der Waals surface area (Å²) in [6, 6.07) is 0. The van der Waals surface area contributed by atoms with Crippen molar-refractivity contribution in [2.24, 2.45) is 17.1 Å². The van der Waals surface area contributed by atoms with E-state index in [1.807, 2.05) is 0 Å². The summed E-state index contributed by atoms with van der Waals surface area (Å²) in [5.41, 5.74) is 5.89. The van der Waals surface area contributed by atoms with Gasteiger partial charge in [0.15, 0.2) is 0 Å². The summed E-state index contributed by atoms with van der Waals surface area (Å²) in [6.07, 6.45) is 5.60. The fraction of sp³-hybridized carbons (Fsp3) is 0.900. The van der Waals surface area contributed by atoms with E-state index in [1.54, 1.807) is 0 Å². The maximum atomic E-state index is 11.3. The number of hydrogen-bond donors (Lipinski definition) is 2. The van der Waals surface area contributed by atoms with Crippen LogP contribution < -0.4 is 11.1 Å². The van der Waals surface area contributed by atoms with Crippen molar-refractivity contribution in [2.45, 2.75) is 32.1 Å². The van der Waals surface area contributed by atoms with E-state index in [2.05, 4.69) is 5.32 Å². The summed E-state index contributed by atoms with van der Waals surface area (Å²) in [4.78, 5) is 11.3. The Morgan fingerprint density at radius 1 is 1.46 bits per heavy atom. The SMILES string of the molecule is NCC1(CNC(=O)CC2CC2)CC1. The van der Waals surface area contributed by atoms with Crippen LogP contribution in [-0.4, -0.2) is 19.0 Å². The van der Waals surface area contributed by atoms with E-state index in [4.69, 9.17) is 5.73 Å². The Morgan fingerprint density at radius 2 is 2.15 bits per heavy atom. The van der Waals surface area contributed by atoms with Crippen molar-refractivity contribution < 1.29 is 4.79 Å². The Hall–Kier alpha value is -0.570. The summed E-state index contributed by atoms with van der Waals surface area (Å²) in [6.45, 7) is 1.52. The molecule has 13 heavy (non-hydrogen) atoms. The van der Waals surface area contributed by atoms with Gasteiger partial charge in [-0.1, -0.05) is 0 Å². The molecule has 74 valence electrons. The van der Waals surface area contributed by atoms with Crippen LogP contribution in [-0.2, 0) is 4.79 Å². The average molecular weight is 182 g/mol. The second-order valence-corrected chi connectivity index (χ2v) is 4.63. The number of nitrogens with one attached hydrogen (secondary N) is 1. The zero-order valence-electron chi connectivity index (χ0n) is 8.01. The monoisotopic (exact) mass is 182 g/mol. The van der Waals surface area contributed by atoms with Gasteiger partial charge >= 0.3 is 0 Å². The summed E-state index contributed by atoms with van der Waals surface area (Å²) in [7, 11) is 0. The Balaban J connectivity index is 1.63. The average Bonchev–Trinajstić information content (AvgIpc) is 2.98. The van der Waals surface area contributed by atoms with E-state index in [9.17, 15) is 4.79 Å². The van der Waals surface area contributed by atoms with Crippen LogP contribution in [0.1, 0.15) is 32.1 Å². The van der Waals surface area contributed by atoms with Gasteiger partial charge in [-0.3, -0.25) is 4.79 Å². The first-order chi connectivity index (χ1) is 6.24. The molecule has 3 nitrogen and oxygen atoms in total. The predicted molar refractivity (Wildman–Crippen MR) is 51.1 cm³/mol. The number of carbonyl (C=O) groups excluding carboxylic acids is 1. The third-order valence-electron chi connectivity index (χ3n) is 3.22. The van der Waals surface area contributed by atoms with E-state index >= 15 is 0 Å². The third-order valence-corrected chi connectivity index (χ3v) is 3.22.